The summed E-state index contributed by atoms with van der Waals surface area (Å²) in [6, 6.07) is 25.6. The molecule has 0 aliphatic heterocycles. The van der Waals surface area contributed by atoms with Gasteiger partial charge in [0.05, 0.1) is 0 Å². The van der Waals surface area contributed by atoms with Crippen LogP contribution in [0, 0.1) is 0 Å². The molecule has 0 radical (unpaired) electrons. The summed E-state index contributed by atoms with van der Waals surface area (Å²) in [5, 5.41) is 3.42. The summed E-state index contributed by atoms with van der Waals surface area (Å²) in [5.41, 5.74) is 12.2. The van der Waals surface area contributed by atoms with Gasteiger partial charge in [-0.3, -0.25) is 0 Å². The molecule has 4 aromatic carbocycles. The number of hydrogen-bond acceptors (Lipinski definition) is 3. The number of rotatable bonds is 9. The Bertz CT molecular complexity index is 1930. The fourth-order valence-electron chi connectivity index (χ4n) is 7.49. The number of hydrogen-bond donors (Lipinski definition) is 0. The Morgan fingerprint density at radius 3 is 0.933 bits per heavy atom. The van der Waals surface area contributed by atoms with Crippen molar-refractivity contribution in [1.29, 1.82) is 0 Å². The second-order valence-electron chi connectivity index (χ2n) is 11.8. The largest absolute Gasteiger partial charge is 0.778 e. The average Bonchev–Trinajstić information content (AvgIpc) is 3.68. The first-order chi connectivity index (χ1) is 21.9. The van der Waals surface area contributed by atoms with Gasteiger partial charge in [-0.05, 0) is 106 Å². The van der Waals surface area contributed by atoms with Gasteiger partial charge >= 0.3 is 0 Å². The lowest BCUT2D eigenvalue weighted by Crippen LogP contribution is -2.18. The summed E-state index contributed by atoms with van der Waals surface area (Å²) in [6.45, 7) is 9.27. The minimum absolute atomic E-state index is 0.783. The Labute approximate surface area is 282 Å². The minimum Gasteiger partial charge on any atom is -0.778 e. The fourth-order valence-corrected chi connectivity index (χ4v) is 8.39. The maximum Gasteiger partial charge on any atom is 0.0481 e. The van der Waals surface area contributed by atoms with E-state index in [0.29, 0.717) is 0 Å². The standard InChI is InChI=1S/C39H39N3S3/c1-4-25-31(19-40-22-37(43)28-13-7-10-16-34(28)40)26(5-2)33(21-42-24-39(45)30-15-9-12-18-36(30)42)27(6-3)32(25)20-41-23-38(44)29-14-8-11-17-35(29)41/h7-18,22-24,43-45H,4-6,19-21H2,1-3H3/p-3. The summed E-state index contributed by atoms with van der Waals surface area (Å²) in [5.74, 6) is 0. The van der Waals surface area contributed by atoms with Crippen LogP contribution in [0.15, 0.2) is 106 Å². The molecule has 0 unspecified atom stereocenters. The topological polar surface area (TPSA) is 14.8 Å². The predicted octanol–water partition coefficient (Wildman–Crippen LogP) is 9.10. The molecule has 0 aliphatic carbocycles. The van der Waals surface area contributed by atoms with E-state index in [1.807, 2.05) is 0 Å². The first kappa shape index (κ1) is 29.8. The lowest BCUT2D eigenvalue weighted by atomic mass is 9.83. The molecule has 0 fully saturated rings. The lowest BCUT2D eigenvalue weighted by Gasteiger charge is -2.27. The van der Waals surface area contributed by atoms with Gasteiger partial charge in [0.25, 0.3) is 0 Å². The highest BCUT2D eigenvalue weighted by atomic mass is 32.1. The summed E-state index contributed by atoms with van der Waals surface area (Å²) in [4.78, 5) is 2.71. The number of aromatic nitrogens is 3. The fraction of sp³-hybridized carbons (Fsp3) is 0.231. The molecule has 0 saturated carbocycles. The second-order valence-corrected chi connectivity index (χ2v) is 13.2. The van der Waals surface area contributed by atoms with Gasteiger partial charge in [0.15, 0.2) is 0 Å². The highest BCUT2D eigenvalue weighted by molar-refractivity contribution is 7.59. The molecule has 3 heterocycles. The van der Waals surface area contributed by atoms with Crippen molar-refractivity contribution in [2.75, 3.05) is 0 Å². The summed E-state index contributed by atoms with van der Waals surface area (Å²) in [6.07, 6.45) is 9.31. The molecule has 0 bridgehead atoms. The molecule has 6 heteroatoms. The van der Waals surface area contributed by atoms with E-state index in [0.717, 1.165) is 69.7 Å². The molecule has 0 atom stereocenters. The zero-order valence-electron chi connectivity index (χ0n) is 26.0. The first-order valence-corrected chi connectivity index (χ1v) is 17.1. The molecule has 3 aromatic heterocycles. The molecule has 0 amide bonds. The van der Waals surface area contributed by atoms with E-state index in [4.69, 9.17) is 37.9 Å². The SMILES string of the molecule is CCc1c(Cn2cc([S-])c3ccccc32)c(CC)c(Cn2cc([S-])c3ccccc32)c(CC)c1Cn1cc([S-])c2ccccc21. The van der Waals surface area contributed by atoms with Crippen molar-refractivity contribution < 1.29 is 0 Å². The number of para-hydroxylation sites is 3. The van der Waals surface area contributed by atoms with E-state index in [1.165, 1.54) is 49.9 Å². The molecule has 3 nitrogen and oxygen atoms in total. The van der Waals surface area contributed by atoms with Crippen LogP contribution in [0.2, 0.25) is 0 Å². The molecule has 0 N–H and O–H groups in total. The zero-order chi connectivity index (χ0) is 31.2. The number of nitrogens with zero attached hydrogens (tertiary/aromatic N) is 3. The molecular weight excluding hydrogens is 607 g/mol. The van der Waals surface area contributed by atoms with E-state index in [-0.39, 0.29) is 0 Å². The third kappa shape index (κ3) is 5.09. The molecule has 228 valence electrons. The van der Waals surface area contributed by atoms with Gasteiger partial charge in [-0.25, -0.2) is 0 Å². The van der Waals surface area contributed by atoms with Crippen LogP contribution >= 0.6 is 0 Å². The summed E-state index contributed by atoms with van der Waals surface area (Å²) in [7, 11) is 0. The molecule has 0 spiro atoms. The molecule has 45 heavy (non-hydrogen) atoms. The highest BCUT2D eigenvalue weighted by Crippen LogP contribution is 2.36. The quantitative estimate of drug-likeness (QED) is 0.146. The van der Waals surface area contributed by atoms with Crippen molar-refractivity contribution in [2.45, 2.75) is 74.4 Å². The third-order valence-electron chi connectivity index (χ3n) is 9.49. The van der Waals surface area contributed by atoms with Crippen LogP contribution in [0.4, 0.5) is 0 Å². The monoisotopic (exact) mass is 642 g/mol. The van der Waals surface area contributed by atoms with E-state index in [1.54, 1.807) is 0 Å². The molecule has 7 rings (SSSR count). The Balaban J connectivity index is 1.49. The van der Waals surface area contributed by atoms with E-state index >= 15 is 0 Å². The van der Waals surface area contributed by atoms with E-state index in [9.17, 15) is 0 Å². The van der Waals surface area contributed by atoms with Gasteiger partial charge in [0.1, 0.15) is 0 Å². The second kappa shape index (κ2) is 12.2. The lowest BCUT2D eigenvalue weighted by molar-refractivity contribution is 0.737. The Morgan fingerprint density at radius 1 is 0.400 bits per heavy atom. The minimum atomic E-state index is 0.783. The van der Waals surface area contributed by atoms with Gasteiger partial charge in [-0.1, -0.05) is 75.4 Å². The zero-order valence-corrected chi connectivity index (χ0v) is 28.4. The van der Waals surface area contributed by atoms with Crippen LogP contribution in [0.5, 0.6) is 0 Å². The van der Waals surface area contributed by atoms with Crippen LogP contribution in [0.3, 0.4) is 0 Å². The van der Waals surface area contributed by atoms with Gasteiger partial charge in [0.2, 0.25) is 0 Å². The molecule has 0 saturated heterocycles. The molecule has 0 aliphatic rings. The maximum absolute atomic E-state index is 5.82. The Morgan fingerprint density at radius 2 is 0.667 bits per heavy atom. The third-order valence-corrected chi connectivity index (χ3v) is 10.5. The van der Waals surface area contributed by atoms with Crippen molar-refractivity contribution >= 4 is 70.6 Å². The van der Waals surface area contributed by atoms with Crippen LogP contribution in [-0.4, -0.2) is 13.7 Å². The number of fused-ring (bicyclic) bond motifs is 3. The van der Waals surface area contributed by atoms with Crippen LogP contribution in [0.1, 0.15) is 54.2 Å². The average molecular weight is 643 g/mol. The van der Waals surface area contributed by atoms with Crippen molar-refractivity contribution in [2.24, 2.45) is 0 Å². The van der Waals surface area contributed by atoms with Crippen molar-refractivity contribution in [3.05, 3.63) is 125 Å². The van der Waals surface area contributed by atoms with Gasteiger partial charge in [-0.2, -0.15) is 0 Å². The van der Waals surface area contributed by atoms with Gasteiger partial charge < -0.3 is 51.6 Å². The van der Waals surface area contributed by atoms with Crippen molar-refractivity contribution in [3.63, 3.8) is 0 Å². The number of benzene rings is 4. The van der Waals surface area contributed by atoms with Crippen LogP contribution < -0.4 is 0 Å². The normalized spacial score (nSPS) is 11.8. The van der Waals surface area contributed by atoms with Gasteiger partial charge in [-0.15, -0.1) is 14.7 Å². The van der Waals surface area contributed by atoms with Crippen molar-refractivity contribution in [1.82, 2.24) is 13.7 Å². The smallest absolute Gasteiger partial charge is 0.0481 e. The summed E-state index contributed by atoms with van der Waals surface area (Å²) < 4.78 is 7.09. The Kier molecular flexibility index (Phi) is 8.07. The first-order valence-electron chi connectivity index (χ1n) is 15.8. The molecular formula is C39H36N3S3-3. The van der Waals surface area contributed by atoms with Gasteiger partial charge in [0, 0.05) is 36.2 Å². The van der Waals surface area contributed by atoms with E-state index < -0.39 is 0 Å². The molecule has 7 aromatic rings. The maximum atomic E-state index is 5.82. The Hall–Kier alpha value is -3.84. The van der Waals surface area contributed by atoms with Crippen LogP contribution in [0.25, 0.3) is 32.7 Å². The highest BCUT2D eigenvalue weighted by Gasteiger charge is 2.23. The van der Waals surface area contributed by atoms with Crippen LogP contribution in [-0.2, 0) is 76.8 Å². The summed E-state index contributed by atoms with van der Waals surface area (Å²) >= 11 is 17.5. The predicted molar refractivity (Wildman–Crippen MR) is 195 cm³/mol. The van der Waals surface area contributed by atoms with Crippen molar-refractivity contribution in [3.8, 4) is 0 Å². The van der Waals surface area contributed by atoms with E-state index in [2.05, 4.69) is 126 Å².